The minimum Gasteiger partial charge on any atom is -0.388 e. The minimum absolute atomic E-state index is 0.0111. The highest BCUT2D eigenvalue weighted by atomic mass is 32.2. The van der Waals surface area contributed by atoms with Gasteiger partial charge < -0.3 is 15.8 Å². The van der Waals surface area contributed by atoms with Gasteiger partial charge >= 0.3 is 6.18 Å². The summed E-state index contributed by atoms with van der Waals surface area (Å²) in [6, 6.07) is 6.87. The number of ether oxygens (including phenoxy) is 1. The third-order valence-electron chi connectivity index (χ3n) is 5.31. The second-order valence-corrected chi connectivity index (χ2v) is 8.30. The van der Waals surface area contributed by atoms with Gasteiger partial charge in [-0.2, -0.15) is 13.2 Å². The van der Waals surface area contributed by atoms with Gasteiger partial charge in [0.15, 0.2) is 11.5 Å². The molecule has 2 aromatic rings. The molecule has 4 rings (SSSR count). The molecule has 0 spiro atoms. The molecular formula is C21H22F4N4O2S. The van der Waals surface area contributed by atoms with Gasteiger partial charge in [-0.05, 0) is 36.8 Å². The van der Waals surface area contributed by atoms with Crippen LogP contribution in [-0.2, 0) is 16.5 Å². The number of carbonyl (C=O) groups excluding carboxylic acids is 1. The molecule has 0 amide bonds. The van der Waals surface area contributed by atoms with Gasteiger partial charge in [0, 0.05) is 42.8 Å². The van der Waals surface area contributed by atoms with E-state index in [1.54, 1.807) is 17.8 Å². The van der Waals surface area contributed by atoms with Crippen LogP contribution in [0.5, 0.6) is 0 Å². The van der Waals surface area contributed by atoms with E-state index in [0.717, 1.165) is 30.0 Å². The largest absolute Gasteiger partial charge is 0.417 e. The fourth-order valence-electron chi connectivity index (χ4n) is 3.58. The molecule has 3 heterocycles. The lowest BCUT2D eigenvalue weighted by atomic mass is 9.76. The molecule has 1 fully saturated rings. The zero-order chi connectivity index (χ0) is 23.4. The summed E-state index contributed by atoms with van der Waals surface area (Å²) in [5.41, 5.74) is 5.81. The van der Waals surface area contributed by atoms with Gasteiger partial charge in [0.1, 0.15) is 17.1 Å². The van der Waals surface area contributed by atoms with Crippen molar-refractivity contribution >= 4 is 28.9 Å². The molecular weight excluding hydrogens is 448 g/mol. The predicted molar refractivity (Wildman–Crippen MR) is 115 cm³/mol. The molecule has 172 valence electrons. The van der Waals surface area contributed by atoms with Crippen LogP contribution >= 0.6 is 11.8 Å². The Balaban J connectivity index is 0.000000207. The number of pyridine rings is 1. The number of nitrogens with two attached hydrogens (primary N) is 1. The topological polar surface area (TPSA) is 89.6 Å². The van der Waals surface area contributed by atoms with Gasteiger partial charge in [-0.3, -0.25) is 9.78 Å². The molecule has 2 aliphatic rings. The number of aldehydes is 1. The van der Waals surface area contributed by atoms with Crippen LogP contribution in [0, 0.1) is 11.7 Å². The highest BCUT2D eigenvalue weighted by molar-refractivity contribution is 8.13. The maximum atomic E-state index is 14.4. The number of benzene rings is 1. The Morgan fingerprint density at radius 3 is 2.72 bits per heavy atom. The number of nitrogens with zero attached hydrogens (tertiary/aromatic N) is 2. The maximum Gasteiger partial charge on any atom is 0.417 e. The molecule has 1 aromatic carbocycles. The van der Waals surface area contributed by atoms with Crippen molar-refractivity contribution in [1.29, 1.82) is 0 Å². The number of alkyl halides is 3. The zero-order valence-electron chi connectivity index (χ0n) is 17.2. The molecule has 0 bridgehead atoms. The number of aliphatic imine (C=N–C) groups is 1. The Hall–Kier alpha value is -2.66. The molecule has 2 aliphatic heterocycles. The third kappa shape index (κ3) is 5.21. The highest BCUT2D eigenvalue weighted by Gasteiger charge is 2.47. The Morgan fingerprint density at radius 1 is 1.31 bits per heavy atom. The van der Waals surface area contributed by atoms with Crippen molar-refractivity contribution in [3.8, 4) is 0 Å². The molecule has 0 saturated carbocycles. The SMILES string of the molecule is CNc1ccc(F)c(C23COCCC2CSC(N)=N3)c1.O=Cc1ccc(C(F)(F)F)cn1. The number of halogens is 4. The summed E-state index contributed by atoms with van der Waals surface area (Å²) in [4.78, 5) is 17.9. The highest BCUT2D eigenvalue weighted by Crippen LogP contribution is 2.45. The van der Waals surface area contributed by atoms with Crippen molar-refractivity contribution in [2.24, 2.45) is 16.6 Å². The number of rotatable bonds is 3. The van der Waals surface area contributed by atoms with Gasteiger partial charge in [0.25, 0.3) is 0 Å². The van der Waals surface area contributed by atoms with E-state index in [-0.39, 0.29) is 17.4 Å². The first-order valence-corrected chi connectivity index (χ1v) is 10.7. The quantitative estimate of drug-likeness (QED) is 0.519. The second kappa shape index (κ2) is 9.86. The third-order valence-corrected chi connectivity index (χ3v) is 6.26. The van der Waals surface area contributed by atoms with Crippen LogP contribution < -0.4 is 11.1 Å². The van der Waals surface area contributed by atoms with Crippen LogP contribution in [0.3, 0.4) is 0 Å². The van der Waals surface area contributed by atoms with Crippen LogP contribution in [0.25, 0.3) is 0 Å². The number of fused-ring (bicyclic) bond motifs is 1. The number of hydrogen-bond acceptors (Lipinski definition) is 7. The number of carbonyl (C=O) groups is 1. The average molecular weight is 470 g/mol. The summed E-state index contributed by atoms with van der Waals surface area (Å²) in [6.07, 6.45) is -2.49. The molecule has 32 heavy (non-hydrogen) atoms. The van der Waals surface area contributed by atoms with Gasteiger partial charge in [-0.1, -0.05) is 11.8 Å². The first kappa shape index (κ1) is 24.0. The summed E-state index contributed by atoms with van der Waals surface area (Å²) in [7, 11) is 1.82. The van der Waals surface area contributed by atoms with E-state index in [1.807, 2.05) is 13.1 Å². The molecule has 2 atom stereocenters. The smallest absolute Gasteiger partial charge is 0.388 e. The van der Waals surface area contributed by atoms with Crippen LogP contribution in [0.15, 0.2) is 41.5 Å². The lowest BCUT2D eigenvalue weighted by Crippen LogP contribution is -2.48. The standard InChI is InChI=1S/C14H18FN3OS.C7H4F3NO/c1-17-10-2-3-12(15)11(6-10)14-8-19-5-4-9(14)7-20-13(16)18-14;8-7(9,10)5-1-2-6(4-12)11-3-5/h2-3,6,9,17H,4-5,7-8H2,1H3,(H2,16,18);1-4H. The van der Waals surface area contributed by atoms with E-state index < -0.39 is 17.3 Å². The predicted octanol–water partition coefficient (Wildman–Crippen LogP) is 4.07. The van der Waals surface area contributed by atoms with Gasteiger partial charge in [0.2, 0.25) is 0 Å². The first-order chi connectivity index (χ1) is 15.2. The van der Waals surface area contributed by atoms with Crippen molar-refractivity contribution in [2.45, 2.75) is 18.1 Å². The Kier molecular flexibility index (Phi) is 7.40. The molecule has 0 aliphatic carbocycles. The fraction of sp³-hybridized carbons (Fsp3) is 0.381. The van der Waals surface area contributed by atoms with E-state index in [9.17, 15) is 22.4 Å². The number of amidine groups is 1. The van der Waals surface area contributed by atoms with Crippen molar-refractivity contribution in [3.63, 3.8) is 0 Å². The van der Waals surface area contributed by atoms with E-state index in [2.05, 4.69) is 15.3 Å². The number of hydrogen-bond donors (Lipinski definition) is 2. The lowest BCUT2D eigenvalue weighted by Gasteiger charge is -2.43. The van der Waals surface area contributed by atoms with E-state index in [4.69, 9.17) is 10.5 Å². The summed E-state index contributed by atoms with van der Waals surface area (Å²) in [5, 5.41) is 3.56. The van der Waals surface area contributed by atoms with E-state index in [0.29, 0.717) is 36.4 Å². The lowest BCUT2D eigenvalue weighted by molar-refractivity contribution is -0.137. The molecule has 1 aromatic heterocycles. The molecule has 6 nitrogen and oxygen atoms in total. The van der Waals surface area contributed by atoms with Crippen LogP contribution in [-0.4, -0.2) is 42.5 Å². The maximum absolute atomic E-state index is 14.4. The van der Waals surface area contributed by atoms with Crippen molar-refractivity contribution in [3.05, 3.63) is 59.2 Å². The second-order valence-electron chi connectivity index (χ2n) is 7.26. The summed E-state index contributed by atoms with van der Waals surface area (Å²) in [5.74, 6) is 0.875. The molecule has 1 saturated heterocycles. The van der Waals surface area contributed by atoms with Crippen LogP contribution in [0.4, 0.5) is 23.2 Å². The average Bonchev–Trinajstić information content (AvgIpc) is 2.79. The van der Waals surface area contributed by atoms with Crippen molar-refractivity contribution in [2.75, 3.05) is 31.3 Å². The fourth-order valence-corrected chi connectivity index (χ4v) is 4.62. The molecule has 0 radical (unpaired) electrons. The zero-order valence-corrected chi connectivity index (χ0v) is 18.0. The number of anilines is 1. The summed E-state index contributed by atoms with van der Waals surface area (Å²) >= 11 is 1.55. The first-order valence-electron chi connectivity index (χ1n) is 9.71. The van der Waals surface area contributed by atoms with Crippen molar-refractivity contribution in [1.82, 2.24) is 4.98 Å². The van der Waals surface area contributed by atoms with E-state index >= 15 is 0 Å². The molecule has 3 N–H and O–H groups in total. The normalized spacial score (nSPS) is 22.7. The number of thioether (sulfide) groups is 1. The Labute approximate surface area is 186 Å². The van der Waals surface area contributed by atoms with Gasteiger partial charge in [-0.15, -0.1) is 0 Å². The number of nitrogens with one attached hydrogen (secondary N) is 1. The van der Waals surface area contributed by atoms with E-state index in [1.165, 1.54) is 6.07 Å². The minimum atomic E-state index is -4.39. The van der Waals surface area contributed by atoms with Gasteiger partial charge in [0.05, 0.1) is 12.2 Å². The van der Waals surface area contributed by atoms with Gasteiger partial charge in [-0.25, -0.2) is 9.38 Å². The molecule has 2 unspecified atom stereocenters. The molecule has 11 heteroatoms. The summed E-state index contributed by atoms with van der Waals surface area (Å²) < 4.78 is 55.7. The van der Waals surface area contributed by atoms with Crippen molar-refractivity contribution < 1.29 is 27.1 Å². The monoisotopic (exact) mass is 470 g/mol. The van der Waals surface area contributed by atoms with Crippen LogP contribution in [0.2, 0.25) is 0 Å². The summed E-state index contributed by atoms with van der Waals surface area (Å²) in [6.45, 7) is 1.10. The number of aromatic nitrogens is 1. The Bertz CT molecular complexity index is 985. The van der Waals surface area contributed by atoms with Crippen LogP contribution in [0.1, 0.15) is 28.0 Å². The Morgan fingerprint density at radius 2 is 2.09 bits per heavy atom.